The summed E-state index contributed by atoms with van der Waals surface area (Å²) in [5.41, 5.74) is 3.20. The third kappa shape index (κ3) is 4.89. The van der Waals surface area contributed by atoms with Crippen molar-refractivity contribution in [2.45, 2.75) is 6.10 Å². The molecule has 1 radical (unpaired) electrons. The Morgan fingerprint density at radius 2 is 1.54 bits per heavy atom. The Labute approximate surface area is 201 Å². The van der Waals surface area contributed by atoms with Crippen LogP contribution in [0.15, 0.2) is 78.9 Å². The van der Waals surface area contributed by atoms with Crippen molar-refractivity contribution in [3.63, 3.8) is 0 Å². The van der Waals surface area contributed by atoms with E-state index >= 15 is 0 Å². The second-order valence-electron chi connectivity index (χ2n) is 6.53. The van der Waals surface area contributed by atoms with E-state index in [1.54, 1.807) is 6.07 Å². The summed E-state index contributed by atoms with van der Waals surface area (Å²) in [7, 11) is 0. The minimum absolute atomic E-state index is 0. The van der Waals surface area contributed by atoms with E-state index in [1.807, 2.05) is 48.5 Å². The standard InChI is InChI=1S/C23H23NO3.Ac/c25-21-13-7-12-20-23(21)27-17-15-24(20)14-16-26-22(18-8-3-1-4-9-18)19-10-5-2-6-11-19;/h1-13,22,25H,14-17H2;. The zero-order valence-corrected chi connectivity index (χ0v) is 20.4. The molecule has 0 fully saturated rings. The normalized spacial score (nSPS) is 12.8. The quantitative estimate of drug-likeness (QED) is 0.464. The van der Waals surface area contributed by atoms with Crippen molar-refractivity contribution in [1.29, 1.82) is 0 Å². The molecule has 1 aliphatic heterocycles. The Balaban J connectivity index is 0.00000225. The molecule has 0 bridgehead atoms. The van der Waals surface area contributed by atoms with Gasteiger partial charge in [-0.2, -0.15) is 0 Å². The molecule has 0 saturated heterocycles. The Morgan fingerprint density at radius 1 is 0.893 bits per heavy atom. The van der Waals surface area contributed by atoms with Crippen LogP contribution in [0.5, 0.6) is 11.5 Å². The summed E-state index contributed by atoms with van der Waals surface area (Å²) in [5.74, 6) is 0.746. The number of benzene rings is 3. The molecular weight excluding hydrogens is 565 g/mol. The summed E-state index contributed by atoms with van der Waals surface area (Å²) in [4.78, 5) is 2.20. The van der Waals surface area contributed by atoms with Crippen molar-refractivity contribution in [2.75, 3.05) is 31.2 Å². The van der Waals surface area contributed by atoms with Crippen molar-refractivity contribution in [2.24, 2.45) is 0 Å². The summed E-state index contributed by atoms with van der Waals surface area (Å²) in [5, 5.41) is 10.0. The summed E-state index contributed by atoms with van der Waals surface area (Å²) < 4.78 is 11.9. The van der Waals surface area contributed by atoms with E-state index in [2.05, 4.69) is 29.2 Å². The van der Waals surface area contributed by atoms with Gasteiger partial charge in [0.15, 0.2) is 11.5 Å². The fraction of sp³-hybridized carbons (Fsp3) is 0.217. The van der Waals surface area contributed by atoms with E-state index in [9.17, 15) is 5.11 Å². The Kier molecular flexibility index (Phi) is 7.79. The minimum Gasteiger partial charge on any atom is -0.504 e. The molecule has 28 heavy (non-hydrogen) atoms. The molecule has 3 aromatic rings. The van der Waals surface area contributed by atoms with Gasteiger partial charge in [-0.1, -0.05) is 66.7 Å². The van der Waals surface area contributed by atoms with Crippen molar-refractivity contribution >= 4 is 5.69 Å². The monoisotopic (exact) mass is 588 g/mol. The predicted molar refractivity (Wildman–Crippen MR) is 106 cm³/mol. The van der Waals surface area contributed by atoms with Gasteiger partial charge in [0.2, 0.25) is 0 Å². The van der Waals surface area contributed by atoms with E-state index in [4.69, 9.17) is 9.47 Å². The van der Waals surface area contributed by atoms with Crippen molar-refractivity contribution in [3.05, 3.63) is 90.0 Å². The number of fused-ring (bicyclic) bond motifs is 1. The maximum Gasteiger partial charge on any atom is 0.184 e. The molecule has 0 atom stereocenters. The van der Waals surface area contributed by atoms with Gasteiger partial charge >= 0.3 is 0 Å². The van der Waals surface area contributed by atoms with Crippen LogP contribution >= 0.6 is 0 Å². The molecule has 0 aliphatic carbocycles. The SMILES string of the molecule is Oc1cccc2c1OCCN2CCOC(c1ccccc1)c1ccccc1.[Ac]. The zero-order chi connectivity index (χ0) is 18.5. The van der Waals surface area contributed by atoms with Gasteiger partial charge in [0, 0.05) is 50.6 Å². The molecule has 3 aromatic carbocycles. The number of rotatable bonds is 6. The van der Waals surface area contributed by atoms with Crippen LogP contribution in [0.25, 0.3) is 0 Å². The molecule has 4 rings (SSSR count). The number of ether oxygens (including phenoxy) is 2. The first-order valence-electron chi connectivity index (χ1n) is 9.24. The van der Waals surface area contributed by atoms with Crippen LogP contribution < -0.4 is 9.64 Å². The fourth-order valence-electron chi connectivity index (χ4n) is 3.44. The molecule has 4 nitrogen and oxygen atoms in total. The average Bonchev–Trinajstić information content (AvgIpc) is 2.73. The Morgan fingerprint density at radius 3 is 2.18 bits per heavy atom. The van der Waals surface area contributed by atoms with E-state index in [-0.39, 0.29) is 55.9 Å². The van der Waals surface area contributed by atoms with E-state index in [0.29, 0.717) is 19.0 Å². The molecule has 1 aliphatic rings. The molecule has 1 heterocycles. The number of phenolic OH excluding ortho intramolecular Hbond substituents is 1. The molecule has 0 amide bonds. The molecular formula is C23H23AcNO3. The smallest absolute Gasteiger partial charge is 0.184 e. The van der Waals surface area contributed by atoms with Gasteiger partial charge in [0.25, 0.3) is 0 Å². The topological polar surface area (TPSA) is 41.9 Å². The number of nitrogens with zero attached hydrogens (tertiary/aromatic N) is 1. The van der Waals surface area contributed by atoms with Crippen LogP contribution in [0, 0.1) is 44.1 Å². The number of aromatic hydroxyl groups is 1. The van der Waals surface area contributed by atoms with Gasteiger partial charge in [-0.3, -0.25) is 0 Å². The van der Waals surface area contributed by atoms with E-state index < -0.39 is 0 Å². The molecule has 141 valence electrons. The van der Waals surface area contributed by atoms with E-state index in [0.717, 1.165) is 29.9 Å². The number of para-hydroxylation sites is 1. The third-order valence-corrected chi connectivity index (χ3v) is 4.77. The van der Waals surface area contributed by atoms with Crippen molar-refractivity contribution in [3.8, 4) is 11.5 Å². The van der Waals surface area contributed by atoms with Gasteiger partial charge in [-0.25, -0.2) is 0 Å². The second-order valence-corrected chi connectivity index (χ2v) is 6.53. The molecule has 5 heteroatoms. The summed E-state index contributed by atoms with van der Waals surface area (Å²) in [6, 6.07) is 26.0. The summed E-state index contributed by atoms with van der Waals surface area (Å²) in [6.45, 7) is 2.64. The summed E-state index contributed by atoms with van der Waals surface area (Å²) in [6.07, 6.45) is -0.0999. The van der Waals surface area contributed by atoms with Crippen LogP contribution in [0.2, 0.25) is 0 Å². The van der Waals surface area contributed by atoms with Gasteiger partial charge in [0.1, 0.15) is 12.7 Å². The Bertz CT molecular complexity index is 834. The first-order valence-corrected chi connectivity index (χ1v) is 9.24. The molecule has 1 N–H and O–H groups in total. The Hall–Kier alpha value is -1.54. The molecule has 0 spiro atoms. The predicted octanol–water partition coefficient (Wildman–Crippen LogP) is 4.40. The largest absolute Gasteiger partial charge is 0.504 e. The van der Waals surface area contributed by atoms with E-state index in [1.165, 1.54) is 0 Å². The number of hydrogen-bond donors (Lipinski definition) is 1. The maximum absolute atomic E-state index is 10.0. The molecule has 0 saturated carbocycles. The van der Waals surface area contributed by atoms with Crippen LogP contribution in [0.1, 0.15) is 17.2 Å². The zero-order valence-electron chi connectivity index (χ0n) is 15.7. The number of anilines is 1. The molecule has 0 unspecified atom stereocenters. The van der Waals surface area contributed by atoms with Gasteiger partial charge in [-0.05, 0) is 23.3 Å². The third-order valence-electron chi connectivity index (χ3n) is 4.77. The van der Waals surface area contributed by atoms with Crippen LogP contribution in [-0.2, 0) is 4.74 Å². The summed E-state index contributed by atoms with van der Waals surface area (Å²) >= 11 is 0. The minimum atomic E-state index is -0.0999. The van der Waals surface area contributed by atoms with Crippen molar-refractivity contribution < 1.29 is 58.6 Å². The van der Waals surface area contributed by atoms with Gasteiger partial charge in [0.05, 0.1) is 18.8 Å². The average molecular weight is 588 g/mol. The van der Waals surface area contributed by atoms with Crippen molar-refractivity contribution in [1.82, 2.24) is 0 Å². The number of hydrogen-bond acceptors (Lipinski definition) is 4. The maximum atomic E-state index is 10.0. The first kappa shape index (κ1) is 21.2. The fourth-order valence-corrected chi connectivity index (χ4v) is 3.44. The second kappa shape index (κ2) is 10.3. The van der Waals surface area contributed by atoms with Crippen LogP contribution in [0.4, 0.5) is 5.69 Å². The van der Waals surface area contributed by atoms with Gasteiger partial charge < -0.3 is 19.5 Å². The van der Waals surface area contributed by atoms with Gasteiger partial charge in [-0.15, -0.1) is 0 Å². The number of phenols is 1. The van der Waals surface area contributed by atoms with Crippen LogP contribution in [0.3, 0.4) is 0 Å². The van der Waals surface area contributed by atoms with Crippen LogP contribution in [-0.4, -0.2) is 31.4 Å². The molecule has 0 aromatic heterocycles. The first-order chi connectivity index (χ1) is 13.3.